The van der Waals surface area contributed by atoms with Crippen molar-refractivity contribution in [2.24, 2.45) is 13.0 Å². The molecule has 6 heterocycles. The smallest absolute Gasteiger partial charge is 0.314 e. The summed E-state index contributed by atoms with van der Waals surface area (Å²) < 4.78 is 67.0. The highest BCUT2D eigenvalue weighted by Crippen LogP contribution is 2.42. The number of pyridine rings is 1. The quantitative estimate of drug-likeness (QED) is 0.190. The van der Waals surface area contributed by atoms with E-state index in [2.05, 4.69) is 25.7 Å². The number of anilines is 1. The number of nitrogens with one attached hydrogen (secondary N) is 2. The van der Waals surface area contributed by atoms with E-state index < -0.39 is 50.9 Å². The van der Waals surface area contributed by atoms with Gasteiger partial charge in [-0.2, -0.15) is 0 Å². The van der Waals surface area contributed by atoms with Crippen molar-refractivity contribution in [3.8, 4) is 5.88 Å². The van der Waals surface area contributed by atoms with E-state index in [1.165, 1.54) is 17.2 Å². The second kappa shape index (κ2) is 14.6. The number of likely N-dealkylation sites (tertiary alicyclic amines) is 1. The number of carbonyl (C=O) groups excluding carboxylic acids is 2. The average Bonchev–Trinajstić information content (AvgIpc) is 3.80. The Morgan fingerprint density at radius 3 is 2.71 bits per heavy atom. The molecule has 3 N–H and O–H groups in total. The largest absolute Gasteiger partial charge is 0.481 e. The fraction of sp³-hybridized carbons (Fsp3) is 0.378. The zero-order chi connectivity index (χ0) is 39.3. The first-order chi connectivity index (χ1) is 26.1. The van der Waals surface area contributed by atoms with Crippen molar-refractivity contribution in [2.45, 2.75) is 38.0 Å². The number of ether oxygens (including phenoxy) is 1. The molecule has 3 aromatic heterocycles. The molecule has 1 unspecified atom stereocenters. The van der Waals surface area contributed by atoms with Gasteiger partial charge in [0, 0.05) is 97.7 Å². The van der Waals surface area contributed by atoms with Crippen molar-refractivity contribution >= 4 is 49.8 Å². The standard InChI is InChI=1S/C37H39F2N7O8S/c1-19(2)29(37(49)50)27-13-28(43-54-27)53-10-9-45-7-5-23(16-45)41-35(47)31-21(18-55(4,51)52)11-20-15-44(3)33-30(20)32(31)24-17-46(8-6-26(24)42-36(33)48)34-25(39)12-22(38)14-40-34/h6,11-15,17,19,23,29H,5,7-10,16,18H2,1-4H3,(H,41,47)(H,42,48)(H,49,50)/t23-,29?/m0/s1. The molecule has 1 fully saturated rings. The minimum absolute atomic E-state index is 0.0538. The first-order valence-corrected chi connectivity index (χ1v) is 19.6. The Bertz CT molecular complexity index is 2400. The van der Waals surface area contributed by atoms with Crippen LogP contribution in [0.25, 0.3) is 16.3 Å². The predicted octanol–water partition coefficient (Wildman–Crippen LogP) is 3.58. The molecule has 2 atom stereocenters. The van der Waals surface area contributed by atoms with Crippen molar-refractivity contribution < 1.29 is 45.9 Å². The van der Waals surface area contributed by atoms with E-state index in [9.17, 15) is 36.7 Å². The highest BCUT2D eigenvalue weighted by molar-refractivity contribution is 7.89. The van der Waals surface area contributed by atoms with Gasteiger partial charge in [-0.25, -0.2) is 22.2 Å². The van der Waals surface area contributed by atoms with Crippen LogP contribution in [0.4, 0.5) is 14.6 Å². The Morgan fingerprint density at radius 2 is 2.00 bits per heavy atom. The molecule has 7 rings (SSSR count). The molecule has 3 aliphatic heterocycles. The molecule has 18 heteroatoms. The Kier molecular flexibility index (Phi) is 9.97. The van der Waals surface area contributed by atoms with Gasteiger partial charge in [0.1, 0.15) is 24.0 Å². The number of rotatable bonds is 12. The summed E-state index contributed by atoms with van der Waals surface area (Å²) in [6.07, 6.45) is 7.36. The Morgan fingerprint density at radius 1 is 1.22 bits per heavy atom. The topological polar surface area (TPSA) is 189 Å². The number of carboxylic acid groups (broad SMARTS) is 1. The van der Waals surface area contributed by atoms with Crippen LogP contribution >= 0.6 is 0 Å². The van der Waals surface area contributed by atoms with E-state index in [4.69, 9.17) is 9.26 Å². The summed E-state index contributed by atoms with van der Waals surface area (Å²) in [7, 11) is -2.00. The number of aromatic nitrogens is 3. The first kappa shape index (κ1) is 37.7. The van der Waals surface area contributed by atoms with E-state index in [0.717, 1.165) is 12.5 Å². The van der Waals surface area contributed by atoms with Crippen LogP contribution in [0.2, 0.25) is 0 Å². The summed E-state index contributed by atoms with van der Waals surface area (Å²) in [5.41, 5.74) is 1.46. The van der Waals surface area contributed by atoms with E-state index in [0.29, 0.717) is 59.7 Å². The first-order valence-electron chi connectivity index (χ1n) is 17.6. The number of hydrogen-bond acceptors (Lipinski definition) is 11. The minimum atomic E-state index is -3.68. The number of halogens is 2. The van der Waals surface area contributed by atoms with Crippen LogP contribution in [-0.2, 0) is 27.4 Å². The minimum Gasteiger partial charge on any atom is -0.481 e. The third kappa shape index (κ3) is 7.55. The molecule has 3 aliphatic rings. The molecular formula is C37H39F2N7O8S. The van der Waals surface area contributed by atoms with Gasteiger partial charge in [-0.15, -0.1) is 0 Å². The molecular weight excluding hydrogens is 741 g/mol. The zero-order valence-corrected chi connectivity index (χ0v) is 31.2. The van der Waals surface area contributed by atoms with Gasteiger partial charge < -0.3 is 34.5 Å². The van der Waals surface area contributed by atoms with E-state index in [1.54, 1.807) is 43.8 Å². The van der Waals surface area contributed by atoms with Gasteiger partial charge in [0.05, 0.1) is 17.5 Å². The highest BCUT2D eigenvalue weighted by Gasteiger charge is 2.36. The summed E-state index contributed by atoms with van der Waals surface area (Å²) in [6, 6.07) is 3.45. The van der Waals surface area contributed by atoms with E-state index in [1.807, 2.05) is 0 Å². The monoisotopic (exact) mass is 779 g/mol. The molecule has 0 aliphatic carbocycles. The van der Waals surface area contributed by atoms with Gasteiger partial charge in [0.25, 0.3) is 17.7 Å². The number of fused-ring (bicyclic) bond motifs is 2. The van der Waals surface area contributed by atoms with Crippen LogP contribution in [0.1, 0.15) is 63.9 Å². The lowest BCUT2D eigenvalue weighted by molar-refractivity contribution is -0.140. The lowest BCUT2D eigenvalue weighted by Crippen LogP contribution is -2.38. The number of aryl methyl sites for hydroxylation is 1. The highest BCUT2D eigenvalue weighted by atomic mass is 32.2. The van der Waals surface area contributed by atoms with E-state index >= 15 is 0 Å². The van der Waals surface area contributed by atoms with Gasteiger partial charge in [0.2, 0.25) is 0 Å². The number of amides is 2. The Balaban J connectivity index is 1.18. The number of nitrogens with zero attached hydrogens (tertiary/aromatic N) is 5. The van der Waals surface area contributed by atoms with Gasteiger partial charge in [-0.1, -0.05) is 13.8 Å². The number of carbonyl (C=O) groups is 3. The molecule has 1 saturated heterocycles. The van der Waals surface area contributed by atoms with Crippen LogP contribution in [0, 0.1) is 17.6 Å². The number of allylic oxidation sites excluding steroid dienone is 1. The van der Waals surface area contributed by atoms with Crippen molar-refractivity contribution in [3.05, 3.63) is 88.3 Å². The lowest BCUT2D eigenvalue weighted by Gasteiger charge is -2.27. The molecule has 55 heavy (non-hydrogen) atoms. The normalized spacial score (nSPS) is 17.8. The van der Waals surface area contributed by atoms with Gasteiger partial charge in [0.15, 0.2) is 27.2 Å². The lowest BCUT2D eigenvalue weighted by atomic mass is 9.88. The molecule has 4 aromatic rings. The van der Waals surface area contributed by atoms with E-state index in [-0.39, 0.29) is 59.4 Å². The van der Waals surface area contributed by atoms with Crippen LogP contribution in [0.15, 0.2) is 53.1 Å². The third-order valence-corrected chi connectivity index (χ3v) is 10.7. The number of hydrogen-bond donors (Lipinski definition) is 3. The molecule has 290 valence electrons. The number of carboxylic acids is 1. The zero-order valence-electron chi connectivity index (χ0n) is 30.4. The maximum Gasteiger partial charge on any atom is 0.314 e. The second-order valence-corrected chi connectivity index (χ2v) is 16.5. The molecule has 0 saturated carbocycles. The molecule has 2 amide bonds. The van der Waals surface area contributed by atoms with Gasteiger partial charge in [-0.3, -0.25) is 19.3 Å². The van der Waals surface area contributed by atoms with Crippen molar-refractivity contribution in [1.82, 2.24) is 30.2 Å². The third-order valence-electron chi connectivity index (χ3n) is 9.88. The van der Waals surface area contributed by atoms with Crippen LogP contribution < -0.4 is 20.3 Å². The average molecular weight is 780 g/mol. The molecule has 15 nitrogen and oxygen atoms in total. The van der Waals surface area contributed by atoms with Crippen LogP contribution in [0.3, 0.4) is 0 Å². The summed E-state index contributed by atoms with van der Waals surface area (Å²) in [5.74, 6) is -5.16. The van der Waals surface area contributed by atoms with Crippen molar-refractivity contribution in [1.29, 1.82) is 0 Å². The van der Waals surface area contributed by atoms with Crippen LogP contribution in [-0.4, -0.2) is 96.0 Å². The molecule has 0 spiro atoms. The summed E-state index contributed by atoms with van der Waals surface area (Å²) in [4.78, 5) is 47.3. The number of benzene rings is 1. The van der Waals surface area contributed by atoms with Crippen LogP contribution in [0.5, 0.6) is 5.88 Å². The SMILES string of the molecule is CC(C)C(C(=O)O)c1cc(OCCN2CC[C@H](NC(=O)c3c(CS(C)(=O)=O)cc4cn(C)c5c4c3C3=CN(c4ncc(F)cc4F)CC=C3NC5=O)C2)no1. The molecule has 0 bridgehead atoms. The fourth-order valence-corrected chi connectivity index (χ4v) is 8.32. The summed E-state index contributed by atoms with van der Waals surface area (Å²) in [6.45, 7) is 5.33. The van der Waals surface area contributed by atoms with Gasteiger partial charge in [-0.05, 0) is 35.2 Å². The molecule has 0 radical (unpaired) electrons. The Labute approximate surface area is 314 Å². The second-order valence-electron chi connectivity index (χ2n) is 14.4. The fourth-order valence-electron chi connectivity index (χ4n) is 7.52. The van der Waals surface area contributed by atoms with Gasteiger partial charge >= 0.3 is 5.97 Å². The Hall–Kier alpha value is -5.62. The maximum absolute atomic E-state index is 15.0. The molecule has 1 aromatic carbocycles. The number of sulfone groups is 1. The summed E-state index contributed by atoms with van der Waals surface area (Å²) >= 11 is 0. The predicted molar refractivity (Wildman–Crippen MR) is 196 cm³/mol. The number of aliphatic carboxylic acids is 1. The van der Waals surface area contributed by atoms with Crippen molar-refractivity contribution in [3.63, 3.8) is 0 Å². The summed E-state index contributed by atoms with van der Waals surface area (Å²) in [5, 5.41) is 20.3. The maximum atomic E-state index is 15.0. The van der Waals surface area contributed by atoms with Crippen molar-refractivity contribution in [2.75, 3.05) is 43.9 Å².